The Morgan fingerprint density at radius 1 is 0.842 bits per heavy atom. The predicted molar refractivity (Wildman–Crippen MR) is 151 cm³/mol. The van der Waals surface area contributed by atoms with Crippen molar-refractivity contribution in [3.8, 4) is 0 Å². The Hall–Kier alpha value is -2.77. The Labute approximate surface area is 227 Å². The smallest absolute Gasteiger partial charge is 0.253 e. The fourth-order valence-electron chi connectivity index (χ4n) is 5.55. The minimum atomic E-state index is -0.222. The zero-order chi connectivity index (χ0) is 27.1. The Kier molecular flexibility index (Phi) is 9.91. The quantitative estimate of drug-likeness (QED) is 0.546. The molecule has 2 aromatic rings. The van der Waals surface area contributed by atoms with E-state index in [2.05, 4.69) is 23.6 Å². The molecule has 0 N–H and O–H groups in total. The molecule has 7 heteroatoms. The number of hydrogen-bond donors (Lipinski definition) is 0. The van der Waals surface area contributed by atoms with Crippen LogP contribution in [0.5, 0.6) is 0 Å². The third-order valence-electron chi connectivity index (χ3n) is 7.91. The summed E-state index contributed by atoms with van der Waals surface area (Å²) in [5.41, 5.74) is 3.76. The fraction of sp³-hybridized carbons (Fsp3) is 0.548. The second-order valence-electron chi connectivity index (χ2n) is 11.0. The molecule has 0 unspecified atom stereocenters. The van der Waals surface area contributed by atoms with Gasteiger partial charge in [-0.05, 0) is 74.7 Å². The van der Waals surface area contributed by atoms with E-state index in [1.165, 1.54) is 31.4 Å². The molecule has 1 saturated heterocycles. The van der Waals surface area contributed by atoms with Crippen LogP contribution in [0.3, 0.4) is 0 Å². The van der Waals surface area contributed by atoms with E-state index in [1.807, 2.05) is 40.1 Å². The number of hydrogen-bond acceptors (Lipinski definition) is 4. The highest BCUT2D eigenvalue weighted by atomic mass is 19.1. The van der Waals surface area contributed by atoms with Crippen LogP contribution >= 0.6 is 0 Å². The monoisotopic (exact) mass is 522 g/mol. The Balaban J connectivity index is 1.50. The number of anilines is 1. The first-order valence-corrected chi connectivity index (χ1v) is 14.2. The van der Waals surface area contributed by atoms with Crippen LogP contribution in [0.15, 0.2) is 42.5 Å². The van der Waals surface area contributed by atoms with Gasteiger partial charge in [0.15, 0.2) is 0 Å². The lowest BCUT2D eigenvalue weighted by Crippen LogP contribution is -2.48. The number of halogens is 1. The molecule has 0 radical (unpaired) electrons. The van der Waals surface area contributed by atoms with Crippen LogP contribution in [0.25, 0.3) is 0 Å². The van der Waals surface area contributed by atoms with Gasteiger partial charge in [-0.2, -0.15) is 0 Å². The Morgan fingerprint density at radius 2 is 1.50 bits per heavy atom. The third kappa shape index (κ3) is 7.41. The lowest BCUT2D eigenvalue weighted by atomic mass is 10.0. The van der Waals surface area contributed by atoms with E-state index >= 15 is 0 Å². The largest absolute Gasteiger partial charge is 0.336 e. The first-order valence-electron chi connectivity index (χ1n) is 14.2. The predicted octanol–water partition coefficient (Wildman–Crippen LogP) is 5.31. The summed E-state index contributed by atoms with van der Waals surface area (Å²) in [4.78, 5) is 34.8. The van der Waals surface area contributed by atoms with Crippen LogP contribution in [-0.2, 0) is 17.9 Å². The maximum absolute atomic E-state index is 13.6. The van der Waals surface area contributed by atoms with Crippen molar-refractivity contribution in [1.29, 1.82) is 0 Å². The highest BCUT2D eigenvalue weighted by Crippen LogP contribution is 2.27. The summed E-state index contributed by atoms with van der Waals surface area (Å²) in [7, 11) is 0. The lowest BCUT2D eigenvalue weighted by molar-refractivity contribution is -0.116. The fourth-order valence-corrected chi connectivity index (χ4v) is 5.55. The zero-order valence-electron chi connectivity index (χ0n) is 23.3. The van der Waals surface area contributed by atoms with Crippen molar-refractivity contribution in [2.75, 3.05) is 44.2 Å². The molecular formula is C31H43FN4O2. The van der Waals surface area contributed by atoms with Crippen molar-refractivity contribution in [3.05, 3.63) is 65.0 Å². The Morgan fingerprint density at radius 3 is 2.16 bits per heavy atom. The molecule has 2 aliphatic heterocycles. The maximum atomic E-state index is 13.6. The first-order chi connectivity index (χ1) is 18.3. The van der Waals surface area contributed by atoms with Crippen LogP contribution < -0.4 is 4.90 Å². The normalized spacial score (nSPS) is 18.6. The molecule has 1 fully saturated rings. The second-order valence-corrected chi connectivity index (χ2v) is 11.0. The number of carbonyl (C=O) groups excluding carboxylic acids is 2. The molecule has 6 nitrogen and oxygen atoms in total. The molecule has 0 atom stereocenters. The van der Waals surface area contributed by atoms with E-state index < -0.39 is 0 Å². The summed E-state index contributed by atoms with van der Waals surface area (Å²) in [6.45, 7) is 12.2. The molecule has 0 saturated carbocycles. The van der Waals surface area contributed by atoms with Gasteiger partial charge in [0.1, 0.15) is 5.82 Å². The summed E-state index contributed by atoms with van der Waals surface area (Å²) in [6, 6.07) is 12.9. The number of piperazine rings is 1. The second kappa shape index (κ2) is 13.3. The van der Waals surface area contributed by atoms with E-state index in [4.69, 9.17) is 0 Å². The summed E-state index contributed by atoms with van der Waals surface area (Å²) in [5, 5.41) is 0. The van der Waals surface area contributed by atoms with E-state index in [0.29, 0.717) is 31.2 Å². The lowest BCUT2D eigenvalue weighted by Gasteiger charge is -2.35. The van der Waals surface area contributed by atoms with Crippen molar-refractivity contribution in [2.24, 2.45) is 0 Å². The Bertz CT molecular complexity index is 1080. The number of carbonyl (C=O) groups is 2. The van der Waals surface area contributed by atoms with E-state index in [0.717, 1.165) is 62.4 Å². The van der Waals surface area contributed by atoms with Gasteiger partial charge in [-0.3, -0.25) is 19.4 Å². The van der Waals surface area contributed by atoms with Crippen LogP contribution in [-0.4, -0.2) is 71.8 Å². The highest BCUT2D eigenvalue weighted by Gasteiger charge is 2.25. The van der Waals surface area contributed by atoms with Crippen molar-refractivity contribution >= 4 is 17.5 Å². The molecule has 0 bridgehead atoms. The van der Waals surface area contributed by atoms with Gasteiger partial charge in [0.2, 0.25) is 5.91 Å². The molecule has 0 spiro atoms. The summed E-state index contributed by atoms with van der Waals surface area (Å²) >= 11 is 0. The average Bonchev–Trinajstić information content (AvgIpc) is 2.90. The number of nitrogens with zero attached hydrogens (tertiary/aromatic N) is 4. The van der Waals surface area contributed by atoms with Gasteiger partial charge < -0.3 is 9.80 Å². The van der Waals surface area contributed by atoms with Crippen molar-refractivity contribution in [1.82, 2.24) is 14.7 Å². The maximum Gasteiger partial charge on any atom is 0.253 e. The average molecular weight is 523 g/mol. The first kappa shape index (κ1) is 28.2. The number of benzene rings is 2. The third-order valence-corrected chi connectivity index (χ3v) is 7.91. The number of rotatable bonds is 4. The van der Waals surface area contributed by atoms with Gasteiger partial charge in [-0.1, -0.05) is 31.4 Å². The summed E-state index contributed by atoms with van der Waals surface area (Å²) < 4.78 is 13.2. The van der Waals surface area contributed by atoms with Crippen molar-refractivity contribution < 1.29 is 14.0 Å². The molecular weight excluding hydrogens is 479 g/mol. The molecule has 2 heterocycles. The molecule has 2 aliphatic rings. The zero-order valence-corrected chi connectivity index (χ0v) is 23.3. The van der Waals surface area contributed by atoms with Gasteiger partial charge in [0, 0.05) is 70.0 Å². The molecule has 2 aromatic carbocycles. The van der Waals surface area contributed by atoms with Crippen LogP contribution in [0.1, 0.15) is 74.4 Å². The molecule has 0 aliphatic carbocycles. The van der Waals surface area contributed by atoms with Gasteiger partial charge in [0.25, 0.3) is 5.91 Å². The molecule has 206 valence electrons. The molecule has 2 amide bonds. The van der Waals surface area contributed by atoms with Crippen LogP contribution in [0.4, 0.5) is 10.1 Å². The molecule has 4 rings (SSSR count). The van der Waals surface area contributed by atoms with Crippen molar-refractivity contribution in [2.45, 2.75) is 72.0 Å². The van der Waals surface area contributed by atoms with Crippen molar-refractivity contribution in [3.63, 3.8) is 0 Å². The van der Waals surface area contributed by atoms with Crippen LogP contribution in [0.2, 0.25) is 0 Å². The summed E-state index contributed by atoms with van der Waals surface area (Å²) in [6.07, 6.45) is 5.71. The minimum Gasteiger partial charge on any atom is -0.336 e. The molecule has 0 aromatic heterocycles. The standard InChI is InChI=1S/C31H43FN4O2/c1-24(2)35-15-7-5-4-6-8-16-36(25(3)37)30-14-11-27(21-28(30)23-35)31(38)34-19-17-33(18-20-34)22-26-9-12-29(32)13-10-26/h9-14,21,24H,4-8,15-20,22-23H2,1-3H3. The van der Waals surface area contributed by atoms with E-state index in [1.54, 1.807) is 6.92 Å². The minimum absolute atomic E-state index is 0.0471. The number of fused-ring (bicyclic) bond motifs is 1. The molecule has 38 heavy (non-hydrogen) atoms. The summed E-state index contributed by atoms with van der Waals surface area (Å²) in [5.74, 6) is -0.123. The van der Waals surface area contributed by atoms with Crippen LogP contribution in [0, 0.1) is 5.82 Å². The topological polar surface area (TPSA) is 47.1 Å². The SMILES string of the molecule is CC(=O)N1CCCCCCCN(C(C)C)Cc2cc(C(=O)N3CCN(Cc4ccc(F)cc4)CC3)ccc21. The van der Waals surface area contributed by atoms with E-state index in [-0.39, 0.29) is 17.6 Å². The van der Waals surface area contributed by atoms with Gasteiger partial charge in [-0.25, -0.2) is 4.39 Å². The number of amides is 2. The highest BCUT2D eigenvalue weighted by molar-refractivity contribution is 5.97. The van der Waals surface area contributed by atoms with E-state index in [9.17, 15) is 14.0 Å². The van der Waals surface area contributed by atoms with Gasteiger partial charge in [0.05, 0.1) is 0 Å². The van der Waals surface area contributed by atoms with Gasteiger partial charge >= 0.3 is 0 Å². The van der Waals surface area contributed by atoms with Gasteiger partial charge in [-0.15, -0.1) is 0 Å².